The molecule has 2 rings (SSSR count). The molecule has 0 aliphatic rings. The van der Waals surface area contributed by atoms with Crippen molar-refractivity contribution in [2.45, 2.75) is 13.2 Å². The average Bonchev–Trinajstić information content (AvgIpc) is 2.83. The molecule has 1 heterocycles. The largest absolute Gasteiger partial charge is 0.497 e. The molecule has 0 unspecified atom stereocenters. The number of hydrogen-bond donors (Lipinski definition) is 1. The summed E-state index contributed by atoms with van der Waals surface area (Å²) in [5.74, 6) is 1.67. The van der Waals surface area contributed by atoms with E-state index in [2.05, 4.69) is 32.7 Å². The molecule has 0 spiro atoms. The van der Waals surface area contributed by atoms with E-state index in [1.54, 1.807) is 18.4 Å². The molecule has 0 fully saturated rings. The number of halogens is 1. The quantitative estimate of drug-likeness (QED) is 0.866. The van der Waals surface area contributed by atoms with Crippen LogP contribution in [-0.2, 0) is 13.2 Å². The van der Waals surface area contributed by atoms with Crippen LogP contribution in [-0.4, -0.2) is 14.2 Å². The van der Waals surface area contributed by atoms with Crippen LogP contribution in [0.25, 0.3) is 0 Å². The molecular formula is C14H16BrNO2S. The topological polar surface area (TPSA) is 30.5 Å². The van der Waals surface area contributed by atoms with E-state index in [0.717, 1.165) is 28.1 Å². The lowest BCUT2D eigenvalue weighted by Gasteiger charge is -2.12. The van der Waals surface area contributed by atoms with E-state index >= 15 is 0 Å². The van der Waals surface area contributed by atoms with Crippen LogP contribution >= 0.6 is 27.3 Å². The van der Waals surface area contributed by atoms with E-state index in [0.29, 0.717) is 6.61 Å². The fourth-order valence-corrected chi connectivity index (χ4v) is 3.07. The average molecular weight is 342 g/mol. The normalized spacial score (nSPS) is 10.5. The van der Waals surface area contributed by atoms with E-state index < -0.39 is 0 Å². The molecule has 0 atom stereocenters. The summed E-state index contributed by atoms with van der Waals surface area (Å²) in [6.07, 6.45) is 0. The molecule has 19 heavy (non-hydrogen) atoms. The predicted octanol–water partition coefficient (Wildman–Crippen LogP) is 3.82. The van der Waals surface area contributed by atoms with E-state index in [1.165, 1.54) is 4.88 Å². The summed E-state index contributed by atoms with van der Waals surface area (Å²) in [6, 6.07) is 7.97. The summed E-state index contributed by atoms with van der Waals surface area (Å²) >= 11 is 5.12. The zero-order chi connectivity index (χ0) is 13.7. The van der Waals surface area contributed by atoms with Gasteiger partial charge in [0.2, 0.25) is 0 Å². The van der Waals surface area contributed by atoms with Crippen LogP contribution in [0.1, 0.15) is 10.4 Å². The maximum Gasteiger partial charge on any atom is 0.128 e. The molecule has 1 aromatic heterocycles. The number of benzene rings is 1. The van der Waals surface area contributed by atoms with Gasteiger partial charge in [-0.15, -0.1) is 11.3 Å². The number of nitrogens with one attached hydrogen (secondary N) is 1. The monoisotopic (exact) mass is 341 g/mol. The molecule has 0 aliphatic heterocycles. The van der Waals surface area contributed by atoms with Crippen LogP contribution in [0.4, 0.5) is 0 Å². The standard InChI is InChI=1S/C14H16BrNO2S/c1-16-7-10-3-4-12(17-2)6-14(10)18-8-13-5-11(15)9-19-13/h3-6,9,16H,7-8H2,1-2H3. The maximum atomic E-state index is 5.90. The fourth-order valence-electron chi connectivity index (χ4n) is 1.71. The van der Waals surface area contributed by atoms with Crippen molar-refractivity contribution in [3.8, 4) is 11.5 Å². The third kappa shape index (κ3) is 3.96. The number of methoxy groups -OCH3 is 1. The van der Waals surface area contributed by atoms with Crippen molar-refractivity contribution in [2.75, 3.05) is 14.2 Å². The fraction of sp³-hybridized carbons (Fsp3) is 0.286. The third-order valence-electron chi connectivity index (χ3n) is 2.63. The van der Waals surface area contributed by atoms with Crippen molar-refractivity contribution in [1.82, 2.24) is 5.32 Å². The van der Waals surface area contributed by atoms with Crippen LogP contribution in [0.3, 0.4) is 0 Å². The van der Waals surface area contributed by atoms with Gasteiger partial charge < -0.3 is 14.8 Å². The zero-order valence-electron chi connectivity index (χ0n) is 10.9. The summed E-state index contributed by atoms with van der Waals surface area (Å²) in [5, 5.41) is 5.19. The van der Waals surface area contributed by atoms with Gasteiger partial charge >= 0.3 is 0 Å². The van der Waals surface area contributed by atoms with Gasteiger partial charge in [0, 0.05) is 32.9 Å². The summed E-state index contributed by atoms with van der Waals surface area (Å²) in [5.41, 5.74) is 1.12. The van der Waals surface area contributed by atoms with Gasteiger partial charge in [-0.3, -0.25) is 0 Å². The molecule has 102 valence electrons. The van der Waals surface area contributed by atoms with Crippen LogP contribution in [0.2, 0.25) is 0 Å². The SMILES string of the molecule is CNCc1ccc(OC)cc1OCc1cc(Br)cs1. The molecule has 0 amide bonds. The second-order valence-corrected chi connectivity index (χ2v) is 5.94. The van der Waals surface area contributed by atoms with Crippen molar-refractivity contribution in [3.63, 3.8) is 0 Å². The third-order valence-corrected chi connectivity index (χ3v) is 4.30. The van der Waals surface area contributed by atoms with Crippen LogP contribution in [0, 0.1) is 0 Å². The minimum absolute atomic E-state index is 0.570. The number of thiophene rings is 1. The van der Waals surface area contributed by atoms with Gasteiger partial charge in [0.15, 0.2) is 0 Å². The Balaban J connectivity index is 2.12. The van der Waals surface area contributed by atoms with Gasteiger partial charge in [0.05, 0.1) is 7.11 Å². The van der Waals surface area contributed by atoms with E-state index in [1.807, 2.05) is 25.2 Å². The molecule has 0 radical (unpaired) electrons. The first-order valence-corrected chi connectivity index (χ1v) is 7.57. The van der Waals surface area contributed by atoms with E-state index in [4.69, 9.17) is 9.47 Å². The highest BCUT2D eigenvalue weighted by molar-refractivity contribution is 9.10. The second-order valence-electron chi connectivity index (χ2n) is 4.02. The summed E-state index contributed by atoms with van der Waals surface area (Å²) in [7, 11) is 3.58. The van der Waals surface area contributed by atoms with Crippen molar-refractivity contribution in [1.29, 1.82) is 0 Å². The first-order chi connectivity index (χ1) is 9.22. The van der Waals surface area contributed by atoms with Crippen molar-refractivity contribution < 1.29 is 9.47 Å². The Labute approximate surface area is 125 Å². The van der Waals surface area contributed by atoms with Crippen molar-refractivity contribution >= 4 is 27.3 Å². The molecule has 0 saturated carbocycles. The van der Waals surface area contributed by atoms with Crippen LogP contribution < -0.4 is 14.8 Å². The Morgan fingerprint density at radius 2 is 2.16 bits per heavy atom. The lowest BCUT2D eigenvalue weighted by molar-refractivity contribution is 0.303. The number of hydrogen-bond acceptors (Lipinski definition) is 4. The zero-order valence-corrected chi connectivity index (χ0v) is 13.3. The lowest BCUT2D eigenvalue weighted by atomic mass is 10.2. The minimum atomic E-state index is 0.570. The van der Waals surface area contributed by atoms with Crippen molar-refractivity contribution in [3.05, 3.63) is 44.6 Å². The van der Waals surface area contributed by atoms with Gasteiger partial charge in [-0.1, -0.05) is 6.07 Å². The maximum absolute atomic E-state index is 5.90. The summed E-state index contributed by atoms with van der Waals surface area (Å²) in [6.45, 7) is 1.34. The first-order valence-electron chi connectivity index (χ1n) is 5.90. The minimum Gasteiger partial charge on any atom is -0.497 e. The van der Waals surface area contributed by atoms with Gasteiger partial charge in [-0.05, 0) is 35.1 Å². The number of ether oxygens (including phenoxy) is 2. The summed E-state index contributed by atoms with van der Waals surface area (Å²) < 4.78 is 12.2. The molecule has 5 heteroatoms. The Bertz CT molecular complexity index is 542. The van der Waals surface area contributed by atoms with Gasteiger partial charge in [-0.2, -0.15) is 0 Å². The molecule has 1 aromatic carbocycles. The molecular weight excluding hydrogens is 326 g/mol. The first kappa shape index (κ1) is 14.4. The molecule has 2 aromatic rings. The van der Waals surface area contributed by atoms with Gasteiger partial charge in [-0.25, -0.2) is 0 Å². The molecule has 1 N–H and O–H groups in total. The highest BCUT2D eigenvalue weighted by atomic mass is 79.9. The Kier molecular flexibility index (Phi) is 5.24. The smallest absolute Gasteiger partial charge is 0.128 e. The Morgan fingerprint density at radius 3 is 2.79 bits per heavy atom. The van der Waals surface area contributed by atoms with Crippen molar-refractivity contribution in [2.24, 2.45) is 0 Å². The summed E-state index contributed by atoms with van der Waals surface area (Å²) in [4.78, 5) is 1.19. The number of rotatable bonds is 6. The highest BCUT2D eigenvalue weighted by Crippen LogP contribution is 2.27. The van der Waals surface area contributed by atoms with Crippen LogP contribution in [0.15, 0.2) is 34.1 Å². The Morgan fingerprint density at radius 1 is 1.32 bits per heavy atom. The Hall–Kier alpha value is -1.04. The van der Waals surface area contributed by atoms with Gasteiger partial charge in [0.1, 0.15) is 18.1 Å². The second kappa shape index (κ2) is 6.93. The van der Waals surface area contributed by atoms with E-state index in [-0.39, 0.29) is 0 Å². The molecule has 0 saturated heterocycles. The predicted molar refractivity (Wildman–Crippen MR) is 82.1 cm³/mol. The molecule has 0 aliphatic carbocycles. The van der Waals surface area contributed by atoms with Gasteiger partial charge in [0.25, 0.3) is 0 Å². The molecule has 0 bridgehead atoms. The molecule has 3 nitrogen and oxygen atoms in total. The highest BCUT2D eigenvalue weighted by Gasteiger charge is 2.06. The van der Waals surface area contributed by atoms with E-state index in [9.17, 15) is 0 Å². The lowest BCUT2D eigenvalue weighted by Crippen LogP contribution is -2.07. The van der Waals surface area contributed by atoms with Crippen LogP contribution in [0.5, 0.6) is 11.5 Å².